The Morgan fingerprint density at radius 3 is 2.70 bits per heavy atom. The molecule has 1 spiro atoms. The summed E-state index contributed by atoms with van der Waals surface area (Å²) in [6, 6.07) is 5.81. The number of nitrogens with zero attached hydrogens (tertiary/aromatic N) is 5. The van der Waals surface area contributed by atoms with Crippen LogP contribution in [0.3, 0.4) is 0 Å². The van der Waals surface area contributed by atoms with E-state index in [1.165, 1.54) is 0 Å². The van der Waals surface area contributed by atoms with Gasteiger partial charge in [0, 0.05) is 48.8 Å². The zero-order valence-electron chi connectivity index (χ0n) is 18.7. The molecule has 33 heavy (non-hydrogen) atoms. The van der Waals surface area contributed by atoms with E-state index >= 15 is 0 Å². The molecule has 0 radical (unpaired) electrons. The largest absolute Gasteiger partial charge is 0.353 e. The lowest BCUT2D eigenvalue weighted by Gasteiger charge is -2.39. The van der Waals surface area contributed by atoms with Gasteiger partial charge in [0.25, 0.3) is 0 Å². The Kier molecular flexibility index (Phi) is 4.17. The Balaban J connectivity index is 1.24. The van der Waals surface area contributed by atoms with Gasteiger partial charge in [-0.3, -0.25) is 9.59 Å². The molecule has 3 N–H and O–H groups in total. The van der Waals surface area contributed by atoms with Gasteiger partial charge in [-0.1, -0.05) is 6.07 Å². The Bertz CT molecular complexity index is 1290. The number of fused-ring (bicyclic) bond motifs is 2. The van der Waals surface area contributed by atoms with Crippen LogP contribution in [0.2, 0.25) is 0 Å². The third kappa shape index (κ3) is 3.20. The SMILES string of the molecule is CC1(C)C(=O)Nc2cc(Nc3nc4c(N5CCC6(CCC(=O)N6)CC5)nccn4n3)ccc21. The third-order valence-corrected chi connectivity index (χ3v) is 7.26. The molecule has 5 heterocycles. The predicted octanol–water partition coefficient (Wildman–Crippen LogP) is 2.35. The summed E-state index contributed by atoms with van der Waals surface area (Å²) in [5, 5.41) is 13.9. The molecule has 10 nitrogen and oxygen atoms in total. The van der Waals surface area contributed by atoms with Crippen LogP contribution in [-0.2, 0) is 15.0 Å². The molecule has 0 saturated carbocycles. The lowest BCUT2D eigenvalue weighted by Crippen LogP contribution is -2.51. The highest BCUT2D eigenvalue weighted by Crippen LogP contribution is 2.39. The van der Waals surface area contributed by atoms with Crippen molar-refractivity contribution < 1.29 is 9.59 Å². The van der Waals surface area contributed by atoms with Gasteiger partial charge in [-0.15, -0.1) is 5.10 Å². The van der Waals surface area contributed by atoms with Crippen molar-refractivity contribution in [2.24, 2.45) is 0 Å². The fourth-order valence-electron chi connectivity index (χ4n) is 5.18. The number of nitrogens with one attached hydrogen (secondary N) is 3. The monoisotopic (exact) mass is 446 g/mol. The maximum absolute atomic E-state index is 12.2. The van der Waals surface area contributed by atoms with Gasteiger partial charge in [-0.05, 0) is 50.8 Å². The topological polar surface area (TPSA) is 117 Å². The normalized spacial score (nSPS) is 20.7. The number of benzene rings is 1. The molecule has 170 valence electrons. The van der Waals surface area contributed by atoms with Crippen molar-refractivity contribution in [1.29, 1.82) is 0 Å². The summed E-state index contributed by atoms with van der Waals surface area (Å²) in [5.74, 6) is 1.41. The van der Waals surface area contributed by atoms with Crippen LogP contribution in [0.1, 0.15) is 45.1 Å². The minimum absolute atomic E-state index is 0.00305. The van der Waals surface area contributed by atoms with Crippen LogP contribution in [0.25, 0.3) is 5.65 Å². The third-order valence-electron chi connectivity index (χ3n) is 7.26. The number of hydrogen-bond donors (Lipinski definition) is 3. The molecule has 6 rings (SSSR count). The summed E-state index contributed by atoms with van der Waals surface area (Å²) in [7, 11) is 0. The Morgan fingerprint density at radius 2 is 1.94 bits per heavy atom. The average molecular weight is 447 g/mol. The van der Waals surface area contributed by atoms with Crippen molar-refractivity contribution in [3.05, 3.63) is 36.2 Å². The molecule has 2 amide bonds. The maximum Gasteiger partial charge on any atom is 0.247 e. The van der Waals surface area contributed by atoms with Gasteiger partial charge < -0.3 is 20.9 Å². The molecule has 1 aromatic carbocycles. The summed E-state index contributed by atoms with van der Waals surface area (Å²) in [4.78, 5) is 35.5. The van der Waals surface area contributed by atoms with E-state index in [1.54, 1.807) is 16.9 Å². The number of carbonyl (C=O) groups excluding carboxylic acids is 2. The lowest BCUT2D eigenvalue weighted by molar-refractivity contribution is -0.120. The van der Waals surface area contributed by atoms with E-state index in [2.05, 4.69) is 30.9 Å². The first-order valence-corrected chi connectivity index (χ1v) is 11.3. The Hall–Kier alpha value is -3.69. The summed E-state index contributed by atoms with van der Waals surface area (Å²) in [6.45, 7) is 5.46. The van der Waals surface area contributed by atoms with E-state index in [-0.39, 0.29) is 17.4 Å². The molecule has 10 heteroatoms. The van der Waals surface area contributed by atoms with Gasteiger partial charge in [0.1, 0.15) is 0 Å². The van der Waals surface area contributed by atoms with Crippen molar-refractivity contribution in [2.45, 2.75) is 50.5 Å². The molecular formula is C23H26N8O2. The van der Waals surface area contributed by atoms with Crippen LogP contribution in [0.4, 0.5) is 23.1 Å². The van der Waals surface area contributed by atoms with E-state index in [0.717, 1.165) is 55.1 Å². The highest BCUT2D eigenvalue weighted by molar-refractivity contribution is 6.06. The van der Waals surface area contributed by atoms with Crippen molar-refractivity contribution >= 4 is 40.6 Å². The smallest absolute Gasteiger partial charge is 0.247 e. The molecule has 2 fully saturated rings. The molecule has 3 aromatic rings. The molecule has 2 saturated heterocycles. The summed E-state index contributed by atoms with van der Waals surface area (Å²) < 4.78 is 1.73. The van der Waals surface area contributed by atoms with E-state index in [4.69, 9.17) is 4.98 Å². The summed E-state index contributed by atoms with van der Waals surface area (Å²) in [5.41, 5.74) is 2.67. The van der Waals surface area contributed by atoms with Crippen LogP contribution in [0.15, 0.2) is 30.6 Å². The fourth-order valence-corrected chi connectivity index (χ4v) is 5.18. The van der Waals surface area contributed by atoms with E-state index in [9.17, 15) is 9.59 Å². The van der Waals surface area contributed by atoms with Gasteiger partial charge >= 0.3 is 0 Å². The highest BCUT2D eigenvalue weighted by Gasteiger charge is 2.41. The average Bonchev–Trinajstić information content (AvgIpc) is 3.42. The second-order valence-corrected chi connectivity index (χ2v) is 9.73. The number of aromatic nitrogens is 4. The van der Waals surface area contributed by atoms with Crippen LogP contribution >= 0.6 is 0 Å². The molecule has 2 aromatic heterocycles. The molecular weight excluding hydrogens is 420 g/mol. The number of anilines is 4. The van der Waals surface area contributed by atoms with Crippen LogP contribution in [0.5, 0.6) is 0 Å². The number of rotatable bonds is 3. The zero-order valence-corrected chi connectivity index (χ0v) is 18.7. The van der Waals surface area contributed by atoms with E-state index < -0.39 is 5.41 Å². The quantitative estimate of drug-likeness (QED) is 0.565. The molecule has 3 aliphatic rings. The van der Waals surface area contributed by atoms with Crippen LogP contribution in [0, 0.1) is 0 Å². The predicted molar refractivity (Wildman–Crippen MR) is 124 cm³/mol. The molecule has 0 bridgehead atoms. The van der Waals surface area contributed by atoms with Crippen molar-refractivity contribution in [2.75, 3.05) is 28.6 Å². The number of piperidine rings is 1. The lowest BCUT2D eigenvalue weighted by atomic mass is 9.86. The van der Waals surface area contributed by atoms with Gasteiger partial charge in [0.2, 0.25) is 17.8 Å². The molecule has 0 atom stereocenters. The van der Waals surface area contributed by atoms with Gasteiger partial charge in [0.05, 0.1) is 5.41 Å². The summed E-state index contributed by atoms with van der Waals surface area (Å²) in [6.07, 6.45) is 6.85. The van der Waals surface area contributed by atoms with Crippen molar-refractivity contribution in [1.82, 2.24) is 24.9 Å². The standard InChI is InChI=1S/C23H26N8O2/c1-22(2)15-4-3-14(13-16(15)26-20(22)33)25-21-27-19-18(24-9-12-31(19)29-21)30-10-7-23(8-11-30)6-5-17(32)28-23/h3-4,9,12-13H,5-8,10-11H2,1-2H3,(H,25,29)(H,26,33)(H,28,32). The first kappa shape index (κ1) is 20.0. The first-order chi connectivity index (χ1) is 15.8. The molecule has 0 aliphatic carbocycles. The molecule has 3 aliphatic heterocycles. The van der Waals surface area contributed by atoms with Gasteiger partial charge in [-0.25, -0.2) is 9.50 Å². The highest BCUT2D eigenvalue weighted by atomic mass is 16.2. The number of carbonyl (C=O) groups is 2. The van der Waals surface area contributed by atoms with Crippen molar-refractivity contribution in [3.8, 4) is 0 Å². The minimum Gasteiger partial charge on any atom is -0.353 e. The first-order valence-electron chi connectivity index (χ1n) is 11.3. The number of hydrogen-bond acceptors (Lipinski definition) is 7. The van der Waals surface area contributed by atoms with E-state index in [1.807, 2.05) is 32.0 Å². The zero-order chi connectivity index (χ0) is 22.8. The summed E-state index contributed by atoms with van der Waals surface area (Å²) >= 11 is 0. The van der Waals surface area contributed by atoms with E-state index in [0.29, 0.717) is 18.0 Å². The fraction of sp³-hybridized carbons (Fsp3) is 0.435. The Morgan fingerprint density at radius 1 is 1.12 bits per heavy atom. The van der Waals surface area contributed by atoms with Gasteiger partial charge in [0.15, 0.2) is 11.5 Å². The minimum atomic E-state index is -0.538. The van der Waals surface area contributed by atoms with Crippen LogP contribution < -0.4 is 20.9 Å². The van der Waals surface area contributed by atoms with Crippen molar-refractivity contribution in [3.63, 3.8) is 0 Å². The Labute approximate surface area is 190 Å². The van der Waals surface area contributed by atoms with Crippen LogP contribution in [-0.4, -0.2) is 50.0 Å². The molecule has 0 unspecified atom stereocenters. The maximum atomic E-state index is 12.2. The number of amides is 2. The second kappa shape index (κ2) is 6.90. The van der Waals surface area contributed by atoms with Gasteiger partial charge in [-0.2, -0.15) is 4.98 Å². The second-order valence-electron chi connectivity index (χ2n) is 9.73.